The van der Waals surface area contributed by atoms with Gasteiger partial charge in [0.25, 0.3) is 0 Å². The SMILES string of the molecule is C[Si](C)(C)OCC(F)(F)C(F)(F)C(F)(F)CO. The minimum Gasteiger partial charge on any atom is -0.411 e. The molecule has 2 nitrogen and oxygen atoms in total. The maximum atomic E-state index is 13.0. The van der Waals surface area contributed by atoms with Crippen LogP contribution in [0.5, 0.6) is 0 Å². The van der Waals surface area contributed by atoms with Gasteiger partial charge in [0.05, 0.1) is 0 Å². The first kappa shape index (κ1) is 16.7. The van der Waals surface area contributed by atoms with Gasteiger partial charge in [0.2, 0.25) is 0 Å². The minimum atomic E-state index is -5.66. The van der Waals surface area contributed by atoms with E-state index in [0.29, 0.717) is 0 Å². The molecular formula is C8H14F6O2Si. The van der Waals surface area contributed by atoms with Gasteiger partial charge >= 0.3 is 17.8 Å². The summed E-state index contributed by atoms with van der Waals surface area (Å²) in [5.41, 5.74) is 0. The summed E-state index contributed by atoms with van der Waals surface area (Å²) < 4.78 is 81.2. The van der Waals surface area contributed by atoms with Gasteiger partial charge in [-0.2, -0.15) is 26.3 Å². The highest BCUT2D eigenvalue weighted by molar-refractivity contribution is 6.69. The molecule has 0 saturated heterocycles. The van der Waals surface area contributed by atoms with E-state index in [-0.39, 0.29) is 0 Å². The third kappa shape index (κ3) is 3.85. The fourth-order valence-corrected chi connectivity index (χ4v) is 1.38. The summed E-state index contributed by atoms with van der Waals surface area (Å²) in [6, 6.07) is 0. The fraction of sp³-hybridized carbons (Fsp3) is 1.00. The topological polar surface area (TPSA) is 29.5 Å². The van der Waals surface area contributed by atoms with Crippen LogP contribution in [0.2, 0.25) is 19.6 Å². The second-order valence-electron chi connectivity index (χ2n) is 4.54. The van der Waals surface area contributed by atoms with Gasteiger partial charge in [-0.1, -0.05) is 0 Å². The lowest BCUT2D eigenvalue weighted by molar-refractivity contribution is -0.322. The molecule has 9 heteroatoms. The third-order valence-corrected chi connectivity index (χ3v) is 2.81. The van der Waals surface area contributed by atoms with Crippen LogP contribution in [0, 0.1) is 0 Å². The van der Waals surface area contributed by atoms with Crippen molar-refractivity contribution in [2.24, 2.45) is 0 Å². The molecule has 0 aliphatic rings. The normalized spacial score (nSPS) is 15.2. The summed E-state index contributed by atoms with van der Waals surface area (Å²) in [6.07, 6.45) is 0. The van der Waals surface area contributed by atoms with Gasteiger partial charge < -0.3 is 9.53 Å². The summed E-state index contributed by atoms with van der Waals surface area (Å²) in [7, 11) is -2.54. The molecule has 0 radical (unpaired) electrons. The Kier molecular flexibility index (Phi) is 4.69. The van der Waals surface area contributed by atoms with Crippen molar-refractivity contribution in [1.82, 2.24) is 0 Å². The lowest BCUT2D eigenvalue weighted by Crippen LogP contribution is -2.58. The summed E-state index contributed by atoms with van der Waals surface area (Å²) in [4.78, 5) is 0. The van der Waals surface area contributed by atoms with Gasteiger partial charge in [-0.15, -0.1) is 0 Å². The van der Waals surface area contributed by atoms with E-state index < -0.39 is 39.3 Å². The molecule has 0 atom stereocenters. The highest BCUT2D eigenvalue weighted by Crippen LogP contribution is 2.45. The number of hydrogen-bond donors (Lipinski definition) is 1. The largest absolute Gasteiger partial charge is 0.411 e. The molecule has 0 aromatic rings. The number of halogens is 6. The van der Waals surface area contributed by atoms with Crippen LogP contribution in [0.25, 0.3) is 0 Å². The number of hydrogen-bond acceptors (Lipinski definition) is 2. The van der Waals surface area contributed by atoms with E-state index in [1.54, 1.807) is 0 Å². The molecule has 0 aromatic carbocycles. The Morgan fingerprint density at radius 1 is 0.941 bits per heavy atom. The summed E-state index contributed by atoms with van der Waals surface area (Å²) in [5.74, 6) is -15.9. The molecule has 0 amide bonds. The van der Waals surface area contributed by atoms with Crippen molar-refractivity contribution in [2.45, 2.75) is 37.4 Å². The molecule has 0 heterocycles. The number of rotatable bonds is 6. The summed E-state index contributed by atoms with van der Waals surface area (Å²) in [6.45, 7) is 0.191. The van der Waals surface area contributed by atoms with Gasteiger partial charge in [0, 0.05) is 0 Å². The predicted molar refractivity (Wildman–Crippen MR) is 51.2 cm³/mol. The standard InChI is InChI=1S/C8H14F6O2Si/c1-17(2,3)16-5-7(11,12)8(13,14)6(9,10)4-15/h15H,4-5H2,1-3H3. The molecule has 104 valence electrons. The molecule has 0 aliphatic carbocycles. The summed E-state index contributed by atoms with van der Waals surface area (Å²) in [5, 5.41) is 8.03. The van der Waals surface area contributed by atoms with Crippen molar-refractivity contribution in [1.29, 1.82) is 0 Å². The zero-order chi connectivity index (χ0) is 14.1. The Morgan fingerprint density at radius 2 is 1.35 bits per heavy atom. The lowest BCUT2D eigenvalue weighted by atomic mass is 10.1. The molecule has 0 saturated carbocycles. The van der Waals surface area contributed by atoms with Crippen molar-refractivity contribution in [3.8, 4) is 0 Å². The third-order valence-electron chi connectivity index (χ3n) is 1.80. The van der Waals surface area contributed by atoms with Crippen LogP contribution in [0.15, 0.2) is 0 Å². The van der Waals surface area contributed by atoms with Crippen LogP contribution >= 0.6 is 0 Å². The number of aliphatic hydroxyl groups excluding tert-OH is 1. The zero-order valence-electron chi connectivity index (χ0n) is 9.54. The minimum absolute atomic E-state index is 1.45. The first-order valence-corrected chi connectivity index (χ1v) is 8.06. The van der Waals surface area contributed by atoms with E-state index in [0.717, 1.165) is 0 Å². The van der Waals surface area contributed by atoms with Crippen molar-refractivity contribution < 1.29 is 35.9 Å². The molecule has 17 heavy (non-hydrogen) atoms. The van der Waals surface area contributed by atoms with Crippen molar-refractivity contribution >= 4 is 8.32 Å². The Labute approximate surface area is 95.7 Å². The average Bonchev–Trinajstić information content (AvgIpc) is 2.13. The van der Waals surface area contributed by atoms with E-state index in [2.05, 4.69) is 4.43 Å². The number of alkyl halides is 6. The smallest absolute Gasteiger partial charge is 0.376 e. The monoisotopic (exact) mass is 284 g/mol. The Bertz CT molecular complexity index is 263. The van der Waals surface area contributed by atoms with Gasteiger partial charge in [-0.3, -0.25) is 0 Å². The molecule has 0 spiro atoms. The van der Waals surface area contributed by atoms with Gasteiger partial charge in [-0.05, 0) is 19.6 Å². The van der Waals surface area contributed by atoms with Crippen LogP contribution in [-0.4, -0.2) is 44.4 Å². The first-order valence-electron chi connectivity index (χ1n) is 4.65. The Balaban J connectivity index is 4.92. The van der Waals surface area contributed by atoms with Gasteiger partial charge in [0.1, 0.15) is 13.2 Å². The molecule has 0 unspecified atom stereocenters. The molecule has 0 bridgehead atoms. The Morgan fingerprint density at radius 3 is 1.65 bits per heavy atom. The van der Waals surface area contributed by atoms with E-state index in [1.165, 1.54) is 19.6 Å². The zero-order valence-corrected chi connectivity index (χ0v) is 10.5. The number of aliphatic hydroxyl groups is 1. The van der Waals surface area contributed by atoms with Crippen LogP contribution in [0.3, 0.4) is 0 Å². The van der Waals surface area contributed by atoms with Crippen LogP contribution in [-0.2, 0) is 4.43 Å². The molecule has 0 aromatic heterocycles. The predicted octanol–water partition coefficient (Wildman–Crippen LogP) is 2.74. The molecular weight excluding hydrogens is 270 g/mol. The van der Waals surface area contributed by atoms with Crippen LogP contribution < -0.4 is 0 Å². The van der Waals surface area contributed by atoms with Crippen molar-refractivity contribution in [2.75, 3.05) is 13.2 Å². The van der Waals surface area contributed by atoms with Crippen LogP contribution in [0.1, 0.15) is 0 Å². The van der Waals surface area contributed by atoms with Gasteiger partial charge in [0.15, 0.2) is 8.32 Å². The molecule has 0 rings (SSSR count). The van der Waals surface area contributed by atoms with Crippen molar-refractivity contribution in [3.63, 3.8) is 0 Å². The van der Waals surface area contributed by atoms with E-state index in [1.807, 2.05) is 0 Å². The quantitative estimate of drug-likeness (QED) is 0.600. The maximum absolute atomic E-state index is 13.0. The highest BCUT2D eigenvalue weighted by atomic mass is 28.4. The summed E-state index contributed by atoms with van der Waals surface area (Å²) >= 11 is 0. The molecule has 0 aliphatic heterocycles. The lowest BCUT2D eigenvalue weighted by Gasteiger charge is -2.33. The van der Waals surface area contributed by atoms with Gasteiger partial charge in [-0.25, -0.2) is 0 Å². The Hall–Kier alpha value is -0.283. The van der Waals surface area contributed by atoms with E-state index in [9.17, 15) is 26.3 Å². The second kappa shape index (κ2) is 4.77. The molecule has 1 N–H and O–H groups in total. The average molecular weight is 284 g/mol. The maximum Gasteiger partial charge on any atom is 0.376 e. The second-order valence-corrected chi connectivity index (χ2v) is 9.06. The van der Waals surface area contributed by atoms with E-state index in [4.69, 9.17) is 5.11 Å². The molecule has 0 fully saturated rings. The van der Waals surface area contributed by atoms with Crippen molar-refractivity contribution in [3.05, 3.63) is 0 Å². The van der Waals surface area contributed by atoms with E-state index >= 15 is 0 Å². The highest BCUT2D eigenvalue weighted by Gasteiger charge is 2.71. The first-order chi connectivity index (χ1) is 7.27. The van der Waals surface area contributed by atoms with Crippen LogP contribution in [0.4, 0.5) is 26.3 Å². The fourth-order valence-electron chi connectivity index (χ4n) is 0.765.